The molecule has 1 fully saturated rings. The molecule has 5 nitrogen and oxygen atoms in total. The Bertz CT molecular complexity index is 639. The monoisotopic (exact) mass is 323 g/mol. The molecule has 8 heteroatoms. The lowest BCUT2D eigenvalue weighted by atomic mass is 10.0. The maximum atomic E-state index is 12.7. The number of nitrogens with one attached hydrogen (secondary N) is 1. The summed E-state index contributed by atoms with van der Waals surface area (Å²) in [6.45, 7) is 1.53. The van der Waals surface area contributed by atoms with E-state index in [0.717, 1.165) is 32.0 Å². The average Bonchev–Trinajstić information content (AvgIpc) is 2.56. The van der Waals surface area contributed by atoms with Crippen molar-refractivity contribution in [3.05, 3.63) is 42.5 Å². The fourth-order valence-electron chi connectivity index (χ4n) is 2.59. The summed E-state index contributed by atoms with van der Waals surface area (Å²) >= 11 is 0. The third-order valence-corrected chi connectivity index (χ3v) is 3.75. The summed E-state index contributed by atoms with van der Waals surface area (Å²) in [6, 6.07) is 4.49. The van der Waals surface area contributed by atoms with E-state index in [2.05, 4.69) is 25.2 Å². The molecule has 1 aliphatic heterocycles. The van der Waals surface area contributed by atoms with E-state index in [-0.39, 0.29) is 6.04 Å². The molecule has 23 heavy (non-hydrogen) atoms. The summed E-state index contributed by atoms with van der Waals surface area (Å²) in [5.74, 6) is 0.689. The highest BCUT2D eigenvalue weighted by molar-refractivity contribution is 5.45. The molecule has 0 aliphatic carbocycles. The maximum absolute atomic E-state index is 12.7. The van der Waals surface area contributed by atoms with Crippen molar-refractivity contribution < 1.29 is 13.2 Å². The number of pyridine rings is 1. The lowest BCUT2D eigenvalue weighted by Gasteiger charge is -2.32. The molecule has 0 atom stereocenters. The van der Waals surface area contributed by atoms with Gasteiger partial charge < -0.3 is 10.2 Å². The van der Waals surface area contributed by atoms with Crippen LogP contribution in [0, 0.1) is 0 Å². The Hall–Kier alpha value is -2.38. The summed E-state index contributed by atoms with van der Waals surface area (Å²) < 4.78 is 38.0. The first kappa shape index (κ1) is 15.5. The summed E-state index contributed by atoms with van der Waals surface area (Å²) in [5.41, 5.74) is -0.431. The number of nitrogens with zero attached hydrogens (tertiary/aromatic N) is 4. The van der Waals surface area contributed by atoms with Gasteiger partial charge in [0.15, 0.2) is 0 Å². The second-order valence-electron chi connectivity index (χ2n) is 5.38. The van der Waals surface area contributed by atoms with Crippen LogP contribution in [0.15, 0.2) is 36.8 Å². The van der Waals surface area contributed by atoms with Crippen LogP contribution in [-0.2, 0) is 6.18 Å². The number of hydrogen-bond donors (Lipinski definition) is 1. The fourth-order valence-corrected chi connectivity index (χ4v) is 2.59. The summed E-state index contributed by atoms with van der Waals surface area (Å²) in [4.78, 5) is 13.9. The Morgan fingerprint density at radius 1 is 1.04 bits per heavy atom. The zero-order chi connectivity index (χ0) is 16.3. The minimum atomic E-state index is -4.42. The number of hydrogen-bond acceptors (Lipinski definition) is 5. The first-order chi connectivity index (χ1) is 11.0. The van der Waals surface area contributed by atoms with Gasteiger partial charge in [-0.25, -0.2) is 9.97 Å². The first-order valence-electron chi connectivity index (χ1n) is 7.34. The van der Waals surface area contributed by atoms with Crippen molar-refractivity contribution in [2.45, 2.75) is 25.1 Å². The number of rotatable bonds is 3. The van der Waals surface area contributed by atoms with Crippen LogP contribution in [0.4, 0.5) is 24.8 Å². The number of halogens is 3. The molecule has 2 aromatic rings. The van der Waals surface area contributed by atoms with Crippen molar-refractivity contribution in [3.63, 3.8) is 0 Å². The maximum Gasteiger partial charge on any atom is 0.433 e. The van der Waals surface area contributed by atoms with Gasteiger partial charge in [0.1, 0.15) is 5.69 Å². The van der Waals surface area contributed by atoms with E-state index in [1.807, 2.05) is 0 Å². The largest absolute Gasteiger partial charge is 0.433 e. The zero-order valence-electron chi connectivity index (χ0n) is 12.3. The highest BCUT2D eigenvalue weighted by atomic mass is 19.4. The van der Waals surface area contributed by atoms with Crippen LogP contribution >= 0.6 is 0 Å². The molecule has 122 valence electrons. The minimum absolute atomic E-state index is 0.124. The smallest absolute Gasteiger partial charge is 0.382 e. The van der Waals surface area contributed by atoms with E-state index in [9.17, 15) is 13.2 Å². The molecule has 0 spiro atoms. The van der Waals surface area contributed by atoms with Gasteiger partial charge in [-0.05, 0) is 31.0 Å². The summed E-state index contributed by atoms with van der Waals surface area (Å²) in [7, 11) is 0. The minimum Gasteiger partial charge on any atom is -0.382 e. The van der Waals surface area contributed by atoms with Crippen molar-refractivity contribution in [3.8, 4) is 0 Å². The zero-order valence-corrected chi connectivity index (χ0v) is 12.3. The van der Waals surface area contributed by atoms with E-state index in [1.165, 1.54) is 6.20 Å². The highest BCUT2D eigenvalue weighted by Crippen LogP contribution is 2.29. The van der Waals surface area contributed by atoms with E-state index >= 15 is 0 Å². The lowest BCUT2D eigenvalue weighted by molar-refractivity contribution is -0.141. The topological polar surface area (TPSA) is 53.9 Å². The number of alkyl halides is 3. The molecule has 2 aromatic heterocycles. The third-order valence-electron chi connectivity index (χ3n) is 3.75. The summed E-state index contributed by atoms with van der Waals surface area (Å²) in [6.07, 6.45) is 1.76. The standard InChI is InChI=1S/C15H16F3N5/c16-15(17,18)13-10-12(2-7-19-13)22-11-3-8-23(9-4-11)14-20-5-1-6-21-14/h1-2,5-7,10-11H,3-4,8-9H2,(H,19,22). The van der Waals surface area contributed by atoms with E-state index in [1.54, 1.807) is 24.5 Å². The molecule has 0 aromatic carbocycles. The van der Waals surface area contributed by atoms with Gasteiger partial charge in [-0.2, -0.15) is 13.2 Å². The van der Waals surface area contributed by atoms with E-state index in [0.29, 0.717) is 11.6 Å². The molecule has 0 unspecified atom stereocenters. The van der Waals surface area contributed by atoms with Crippen LogP contribution in [-0.4, -0.2) is 34.1 Å². The normalized spacial score (nSPS) is 16.4. The van der Waals surface area contributed by atoms with Crippen LogP contribution < -0.4 is 10.2 Å². The van der Waals surface area contributed by atoms with Gasteiger partial charge in [0.2, 0.25) is 5.95 Å². The number of anilines is 2. The summed E-state index contributed by atoms with van der Waals surface area (Å²) in [5, 5.41) is 3.16. The predicted octanol–water partition coefficient (Wildman–Crippen LogP) is 2.97. The first-order valence-corrected chi connectivity index (χ1v) is 7.34. The number of piperidine rings is 1. The molecule has 0 radical (unpaired) electrons. The Morgan fingerprint density at radius 2 is 1.74 bits per heavy atom. The van der Waals surface area contributed by atoms with Crippen molar-refractivity contribution in [2.24, 2.45) is 0 Å². The predicted molar refractivity (Wildman–Crippen MR) is 80.1 cm³/mol. The molecule has 3 rings (SSSR count). The van der Waals surface area contributed by atoms with Crippen molar-refractivity contribution in [2.75, 3.05) is 23.3 Å². The van der Waals surface area contributed by atoms with Crippen LogP contribution in [0.1, 0.15) is 18.5 Å². The molecular weight excluding hydrogens is 307 g/mol. The van der Waals surface area contributed by atoms with Gasteiger partial charge in [0, 0.05) is 43.4 Å². The lowest BCUT2D eigenvalue weighted by Crippen LogP contribution is -2.39. The quantitative estimate of drug-likeness (QED) is 0.941. The van der Waals surface area contributed by atoms with Crippen LogP contribution in [0.2, 0.25) is 0 Å². The number of aromatic nitrogens is 3. The average molecular weight is 323 g/mol. The molecule has 0 amide bonds. The van der Waals surface area contributed by atoms with Crippen LogP contribution in [0.3, 0.4) is 0 Å². The Balaban J connectivity index is 1.59. The van der Waals surface area contributed by atoms with E-state index < -0.39 is 11.9 Å². The molecule has 1 N–H and O–H groups in total. The van der Waals surface area contributed by atoms with Gasteiger partial charge in [-0.15, -0.1) is 0 Å². The third kappa shape index (κ3) is 3.88. The highest BCUT2D eigenvalue weighted by Gasteiger charge is 2.32. The van der Waals surface area contributed by atoms with Crippen molar-refractivity contribution in [1.29, 1.82) is 0 Å². The van der Waals surface area contributed by atoms with E-state index in [4.69, 9.17) is 0 Å². The molecule has 3 heterocycles. The van der Waals surface area contributed by atoms with Crippen molar-refractivity contribution >= 4 is 11.6 Å². The van der Waals surface area contributed by atoms with Crippen molar-refractivity contribution in [1.82, 2.24) is 15.0 Å². The van der Waals surface area contributed by atoms with Gasteiger partial charge in [-0.1, -0.05) is 0 Å². The molecule has 1 aliphatic rings. The van der Waals surface area contributed by atoms with Gasteiger partial charge >= 0.3 is 6.18 Å². The second kappa shape index (κ2) is 6.39. The Kier molecular flexibility index (Phi) is 4.31. The second-order valence-corrected chi connectivity index (χ2v) is 5.38. The van der Waals surface area contributed by atoms with Gasteiger partial charge in [-0.3, -0.25) is 4.98 Å². The molecular formula is C15H16F3N5. The molecule has 1 saturated heterocycles. The van der Waals surface area contributed by atoms with Crippen LogP contribution in [0.25, 0.3) is 0 Å². The Labute approximate surface area is 131 Å². The van der Waals surface area contributed by atoms with Crippen LogP contribution in [0.5, 0.6) is 0 Å². The SMILES string of the molecule is FC(F)(F)c1cc(NC2CCN(c3ncccn3)CC2)ccn1. The van der Waals surface area contributed by atoms with Gasteiger partial charge in [0.05, 0.1) is 0 Å². The fraction of sp³-hybridized carbons (Fsp3) is 0.400. The Morgan fingerprint density at radius 3 is 2.39 bits per heavy atom. The molecule has 0 bridgehead atoms. The van der Waals surface area contributed by atoms with Gasteiger partial charge in [0.25, 0.3) is 0 Å². The molecule has 0 saturated carbocycles.